The maximum Gasteiger partial charge on any atom is 0.239 e. The van der Waals surface area contributed by atoms with Crippen LogP contribution in [0.5, 0.6) is 5.75 Å². The maximum atomic E-state index is 13.0. The molecule has 7 nitrogen and oxygen atoms in total. The van der Waals surface area contributed by atoms with Crippen LogP contribution in [-0.2, 0) is 4.79 Å². The Morgan fingerprint density at radius 1 is 0.824 bits per heavy atom. The number of hydrogen-bond acceptors (Lipinski definition) is 5. The van der Waals surface area contributed by atoms with Crippen molar-refractivity contribution in [2.75, 3.05) is 42.9 Å². The normalized spacial score (nSPS) is 14.2. The second-order valence-electron chi connectivity index (χ2n) is 8.36. The van der Waals surface area contributed by atoms with Crippen molar-refractivity contribution in [3.8, 4) is 22.7 Å². The monoisotopic (exact) mass is 453 g/mol. The van der Waals surface area contributed by atoms with Gasteiger partial charge in [-0.05, 0) is 36.4 Å². The topological polar surface area (TPSA) is 73.6 Å². The molecule has 0 atom stereocenters. The summed E-state index contributed by atoms with van der Waals surface area (Å²) >= 11 is 0. The first kappa shape index (κ1) is 21.7. The third kappa shape index (κ3) is 4.94. The molecule has 1 aliphatic rings. The fraction of sp³-hybridized carbons (Fsp3) is 0.185. The van der Waals surface area contributed by atoms with Crippen molar-refractivity contribution in [1.82, 2.24) is 14.7 Å². The Morgan fingerprint density at radius 3 is 2.15 bits per heavy atom. The number of para-hydroxylation sites is 1. The summed E-state index contributed by atoms with van der Waals surface area (Å²) in [7, 11) is 0. The van der Waals surface area contributed by atoms with Gasteiger partial charge in [0.05, 0.1) is 17.9 Å². The van der Waals surface area contributed by atoms with Gasteiger partial charge in [-0.3, -0.25) is 9.69 Å². The molecule has 0 saturated carbocycles. The van der Waals surface area contributed by atoms with Crippen molar-refractivity contribution in [2.45, 2.75) is 0 Å². The second kappa shape index (κ2) is 9.80. The molecule has 1 fully saturated rings. The van der Waals surface area contributed by atoms with E-state index in [1.54, 1.807) is 16.8 Å². The molecule has 1 saturated heterocycles. The lowest BCUT2D eigenvalue weighted by molar-refractivity contribution is -0.117. The van der Waals surface area contributed by atoms with Gasteiger partial charge in [0.1, 0.15) is 11.6 Å². The molecule has 1 amide bonds. The van der Waals surface area contributed by atoms with Crippen LogP contribution in [0.2, 0.25) is 0 Å². The van der Waals surface area contributed by atoms with Gasteiger partial charge in [-0.2, -0.15) is 5.10 Å². The number of anilines is 2. The quantitative estimate of drug-likeness (QED) is 0.462. The van der Waals surface area contributed by atoms with E-state index in [0.29, 0.717) is 12.4 Å². The number of carbonyl (C=O) groups excluding carboxylic acids is 1. The van der Waals surface area contributed by atoms with Gasteiger partial charge < -0.3 is 15.3 Å². The van der Waals surface area contributed by atoms with Crippen LogP contribution >= 0.6 is 0 Å². The molecule has 34 heavy (non-hydrogen) atoms. The molecule has 2 N–H and O–H groups in total. The van der Waals surface area contributed by atoms with Crippen molar-refractivity contribution in [1.29, 1.82) is 0 Å². The number of rotatable bonds is 6. The summed E-state index contributed by atoms with van der Waals surface area (Å²) in [6.07, 6.45) is 0. The predicted octanol–water partition coefficient (Wildman–Crippen LogP) is 4.01. The first-order valence-electron chi connectivity index (χ1n) is 11.4. The summed E-state index contributed by atoms with van der Waals surface area (Å²) in [6, 6.07) is 28.9. The fourth-order valence-electron chi connectivity index (χ4n) is 4.20. The fourth-order valence-corrected chi connectivity index (χ4v) is 4.20. The molecule has 2 heterocycles. The highest BCUT2D eigenvalue weighted by Crippen LogP contribution is 2.25. The van der Waals surface area contributed by atoms with E-state index in [1.807, 2.05) is 78.9 Å². The van der Waals surface area contributed by atoms with Crippen LogP contribution < -0.4 is 10.2 Å². The number of phenolic OH excluding ortho intramolecular Hbond substituents is 1. The molecule has 0 aliphatic carbocycles. The van der Waals surface area contributed by atoms with Gasteiger partial charge >= 0.3 is 0 Å². The Kier molecular flexibility index (Phi) is 6.27. The molecule has 1 aliphatic heterocycles. The minimum absolute atomic E-state index is 0.0604. The molecule has 1 aromatic heterocycles. The number of nitrogens with zero attached hydrogens (tertiary/aromatic N) is 4. The molecule has 172 valence electrons. The summed E-state index contributed by atoms with van der Waals surface area (Å²) in [5.74, 6) is 0.858. The van der Waals surface area contributed by atoms with E-state index < -0.39 is 0 Å². The number of nitrogens with one attached hydrogen (secondary N) is 1. The second-order valence-corrected chi connectivity index (χ2v) is 8.36. The number of amides is 1. The average Bonchev–Trinajstić information content (AvgIpc) is 3.30. The van der Waals surface area contributed by atoms with E-state index in [9.17, 15) is 9.90 Å². The van der Waals surface area contributed by atoms with Gasteiger partial charge in [-0.1, -0.05) is 48.5 Å². The molecule has 4 aromatic rings. The van der Waals surface area contributed by atoms with Crippen LogP contribution in [-0.4, -0.2) is 58.4 Å². The zero-order valence-electron chi connectivity index (χ0n) is 18.8. The highest BCUT2D eigenvalue weighted by Gasteiger charge is 2.20. The van der Waals surface area contributed by atoms with E-state index in [0.717, 1.165) is 48.8 Å². The summed E-state index contributed by atoms with van der Waals surface area (Å²) in [5, 5.41) is 17.3. The minimum atomic E-state index is -0.0604. The molecular weight excluding hydrogens is 426 g/mol. The Labute approximate surface area is 198 Å². The first-order chi connectivity index (χ1) is 16.7. The first-order valence-corrected chi connectivity index (χ1v) is 11.4. The highest BCUT2D eigenvalue weighted by molar-refractivity contribution is 5.92. The lowest BCUT2D eigenvalue weighted by Gasteiger charge is -2.35. The highest BCUT2D eigenvalue weighted by atomic mass is 16.3. The van der Waals surface area contributed by atoms with Crippen LogP contribution in [0.3, 0.4) is 0 Å². The molecule has 0 spiro atoms. The van der Waals surface area contributed by atoms with E-state index in [2.05, 4.69) is 15.1 Å². The van der Waals surface area contributed by atoms with E-state index in [1.165, 1.54) is 0 Å². The van der Waals surface area contributed by atoms with Crippen LogP contribution in [0, 0.1) is 0 Å². The van der Waals surface area contributed by atoms with Crippen molar-refractivity contribution in [2.24, 2.45) is 0 Å². The smallest absolute Gasteiger partial charge is 0.239 e. The molecule has 0 unspecified atom stereocenters. The number of carbonyl (C=O) groups is 1. The Hall–Kier alpha value is -4.10. The van der Waals surface area contributed by atoms with E-state index in [-0.39, 0.29) is 11.7 Å². The molecular formula is C27H27N5O2. The molecule has 0 radical (unpaired) electrons. The average molecular weight is 454 g/mol. The maximum absolute atomic E-state index is 13.0. The van der Waals surface area contributed by atoms with E-state index in [4.69, 9.17) is 5.10 Å². The van der Waals surface area contributed by atoms with Crippen LogP contribution in [0.4, 0.5) is 11.5 Å². The molecule has 3 aromatic carbocycles. The molecule has 0 bridgehead atoms. The standard InChI is InChI=1S/C27H27N5O2/c33-24-13-11-22(12-14-24)31-17-15-30(16-18-31)20-27(34)28-26-19-25(21-7-3-1-4-8-21)29-32(26)23-9-5-2-6-10-23/h1-14,19,33H,15-18,20H2,(H,28,34). The Balaban J connectivity index is 1.26. The summed E-state index contributed by atoms with van der Waals surface area (Å²) < 4.78 is 1.78. The minimum Gasteiger partial charge on any atom is -0.508 e. The lowest BCUT2D eigenvalue weighted by atomic mass is 10.1. The number of hydrogen-bond donors (Lipinski definition) is 2. The van der Waals surface area contributed by atoms with Gasteiger partial charge in [0.25, 0.3) is 0 Å². The predicted molar refractivity (Wildman–Crippen MR) is 134 cm³/mol. The Bertz CT molecular complexity index is 1230. The van der Waals surface area contributed by atoms with Crippen molar-refractivity contribution < 1.29 is 9.90 Å². The van der Waals surface area contributed by atoms with Crippen molar-refractivity contribution in [3.63, 3.8) is 0 Å². The summed E-state index contributed by atoms with van der Waals surface area (Å²) in [6.45, 7) is 3.57. The van der Waals surface area contributed by atoms with Gasteiger partial charge in [0.2, 0.25) is 5.91 Å². The van der Waals surface area contributed by atoms with Gasteiger partial charge in [-0.25, -0.2) is 4.68 Å². The molecule has 7 heteroatoms. The zero-order valence-corrected chi connectivity index (χ0v) is 18.8. The molecule has 5 rings (SSSR count). The summed E-state index contributed by atoms with van der Waals surface area (Å²) in [4.78, 5) is 17.4. The number of piperazine rings is 1. The zero-order chi connectivity index (χ0) is 23.3. The number of benzene rings is 3. The number of aromatic hydroxyl groups is 1. The van der Waals surface area contributed by atoms with Crippen molar-refractivity contribution in [3.05, 3.63) is 91.0 Å². The third-order valence-electron chi connectivity index (χ3n) is 6.00. The number of aromatic nitrogens is 2. The van der Waals surface area contributed by atoms with Crippen LogP contribution in [0.15, 0.2) is 91.0 Å². The SMILES string of the molecule is O=C(CN1CCN(c2ccc(O)cc2)CC1)Nc1cc(-c2ccccc2)nn1-c1ccccc1. The van der Waals surface area contributed by atoms with E-state index >= 15 is 0 Å². The number of phenols is 1. The lowest BCUT2D eigenvalue weighted by Crippen LogP contribution is -2.48. The summed E-state index contributed by atoms with van der Waals surface area (Å²) in [5.41, 5.74) is 3.78. The van der Waals surface area contributed by atoms with Crippen molar-refractivity contribution >= 4 is 17.4 Å². The van der Waals surface area contributed by atoms with Crippen LogP contribution in [0.1, 0.15) is 0 Å². The van der Waals surface area contributed by atoms with Crippen LogP contribution in [0.25, 0.3) is 16.9 Å². The Morgan fingerprint density at radius 2 is 1.47 bits per heavy atom. The largest absolute Gasteiger partial charge is 0.508 e. The van der Waals surface area contributed by atoms with Gasteiger partial charge in [-0.15, -0.1) is 0 Å². The third-order valence-corrected chi connectivity index (χ3v) is 6.00. The van der Waals surface area contributed by atoms with Gasteiger partial charge in [0.15, 0.2) is 0 Å². The van der Waals surface area contributed by atoms with Gasteiger partial charge in [0, 0.05) is 43.5 Å².